The molecule has 0 aliphatic rings. The van der Waals surface area contributed by atoms with E-state index in [9.17, 15) is 5.11 Å². The highest BCUT2D eigenvalue weighted by Crippen LogP contribution is 2.30. The zero-order chi connectivity index (χ0) is 11.2. The van der Waals surface area contributed by atoms with Crippen molar-refractivity contribution in [3.05, 3.63) is 18.2 Å². The van der Waals surface area contributed by atoms with E-state index in [1.165, 1.54) is 0 Å². The van der Waals surface area contributed by atoms with Gasteiger partial charge < -0.3 is 15.4 Å². The van der Waals surface area contributed by atoms with Crippen LogP contribution in [0.25, 0.3) is 11.0 Å². The molecule has 0 aliphatic carbocycles. The minimum Gasteiger partial charge on any atom is -0.506 e. The fraction of sp³-hybridized carbons (Fsp3) is 0.364. The van der Waals surface area contributed by atoms with Gasteiger partial charge in [0.25, 0.3) is 0 Å². The molecule has 0 radical (unpaired) electrons. The zero-order valence-electron chi connectivity index (χ0n) is 9.15. The number of hydrogen-bond donors (Lipinski definition) is 2. The van der Waals surface area contributed by atoms with E-state index >= 15 is 0 Å². The third kappa shape index (κ3) is 1.42. The molecule has 0 saturated heterocycles. The number of nitrogen functional groups attached to an aromatic ring is 1. The highest BCUT2D eigenvalue weighted by Gasteiger charge is 2.20. The van der Waals surface area contributed by atoms with Crippen molar-refractivity contribution >= 4 is 17.0 Å². The number of rotatable bonds is 0. The monoisotopic (exact) mass is 205 g/mol. The molecule has 1 aromatic heterocycles. The van der Waals surface area contributed by atoms with Gasteiger partial charge in [0.05, 0.1) is 5.52 Å². The molecule has 15 heavy (non-hydrogen) atoms. The quantitative estimate of drug-likeness (QED) is 0.692. The number of phenols is 1. The van der Waals surface area contributed by atoms with Gasteiger partial charge in [-0.1, -0.05) is 6.07 Å². The van der Waals surface area contributed by atoms with E-state index in [-0.39, 0.29) is 11.3 Å². The van der Waals surface area contributed by atoms with Gasteiger partial charge in [-0.15, -0.1) is 0 Å². The van der Waals surface area contributed by atoms with Crippen LogP contribution in [0.2, 0.25) is 0 Å². The maximum atomic E-state index is 9.64. The van der Waals surface area contributed by atoms with E-state index in [0.29, 0.717) is 11.5 Å². The lowest BCUT2D eigenvalue weighted by molar-refractivity contribution is 0.414. The SMILES string of the molecule is CC(C)(C)n1c(N)nc2c(O)cccc21. The molecule has 4 heteroatoms. The first kappa shape index (κ1) is 9.83. The summed E-state index contributed by atoms with van der Waals surface area (Å²) in [5.74, 6) is 0.598. The van der Waals surface area contributed by atoms with Gasteiger partial charge in [-0.05, 0) is 32.9 Å². The topological polar surface area (TPSA) is 64.1 Å². The minimum absolute atomic E-state index is 0.146. The number of anilines is 1. The van der Waals surface area contributed by atoms with Crippen molar-refractivity contribution < 1.29 is 5.11 Å². The Morgan fingerprint density at radius 3 is 2.60 bits per heavy atom. The summed E-state index contributed by atoms with van der Waals surface area (Å²) in [6, 6.07) is 5.31. The standard InChI is InChI=1S/C11H15N3O/c1-11(2,3)14-7-5-4-6-8(15)9(7)13-10(14)12/h4-6,15H,1-3H3,(H2,12,13). The third-order valence-electron chi connectivity index (χ3n) is 2.36. The first-order chi connectivity index (χ1) is 6.91. The maximum absolute atomic E-state index is 9.64. The Balaban J connectivity index is 2.86. The summed E-state index contributed by atoms with van der Waals surface area (Å²) in [5, 5.41) is 9.64. The number of imidazole rings is 1. The molecule has 0 bridgehead atoms. The number of aromatic hydroxyl groups is 1. The van der Waals surface area contributed by atoms with Crippen LogP contribution in [-0.4, -0.2) is 14.7 Å². The van der Waals surface area contributed by atoms with Gasteiger partial charge in [0.2, 0.25) is 5.95 Å². The molecule has 0 saturated carbocycles. The molecule has 0 amide bonds. The van der Waals surface area contributed by atoms with Crippen LogP contribution in [0.4, 0.5) is 5.95 Å². The van der Waals surface area contributed by atoms with Gasteiger partial charge in [-0.2, -0.15) is 0 Å². The molecule has 0 fully saturated rings. The maximum Gasteiger partial charge on any atom is 0.201 e. The van der Waals surface area contributed by atoms with E-state index < -0.39 is 0 Å². The highest BCUT2D eigenvalue weighted by molar-refractivity contribution is 5.84. The van der Waals surface area contributed by atoms with Crippen LogP contribution in [0.3, 0.4) is 0 Å². The predicted molar refractivity (Wildman–Crippen MR) is 60.8 cm³/mol. The van der Waals surface area contributed by atoms with Gasteiger partial charge in [0, 0.05) is 5.54 Å². The second kappa shape index (κ2) is 2.89. The normalized spacial score (nSPS) is 12.2. The average Bonchev–Trinajstić information content (AvgIpc) is 2.41. The first-order valence-electron chi connectivity index (χ1n) is 4.87. The summed E-state index contributed by atoms with van der Waals surface area (Å²) < 4.78 is 1.92. The van der Waals surface area contributed by atoms with Gasteiger partial charge >= 0.3 is 0 Å². The summed E-state index contributed by atoms with van der Waals surface area (Å²) >= 11 is 0. The number of fused-ring (bicyclic) bond motifs is 1. The summed E-state index contributed by atoms with van der Waals surface area (Å²) in [6.45, 7) is 6.15. The molecule has 3 N–H and O–H groups in total. The van der Waals surface area contributed by atoms with Crippen molar-refractivity contribution in [3.8, 4) is 5.75 Å². The van der Waals surface area contributed by atoms with Crippen LogP contribution in [-0.2, 0) is 5.54 Å². The van der Waals surface area contributed by atoms with E-state index in [0.717, 1.165) is 5.52 Å². The van der Waals surface area contributed by atoms with Crippen LogP contribution < -0.4 is 5.73 Å². The number of nitrogens with zero attached hydrogens (tertiary/aromatic N) is 2. The van der Waals surface area contributed by atoms with Crippen LogP contribution in [0.15, 0.2) is 18.2 Å². The summed E-state index contributed by atoms with van der Waals surface area (Å²) in [5.41, 5.74) is 7.12. The second-order valence-electron chi connectivity index (χ2n) is 4.62. The lowest BCUT2D eigenvalue weighted by atomic mass is 10.1. The average molecular weight is 205 g/mol. The molecule has 0 unspecified atom stereocenters. The summed E-state index contributed by atoms with van der Waals surface area (Å²) in [6.07, 6.45) is 0. The van der Waals surface area contributed by atoms with Crippen molar-refractivity contribution in [1.82, 2.24) is 9.55 Å². The molecule has 1 heterocycles. The predicted octanol–water partition coefficient (Wildman–Crippen LogP) is 2.08. The van der Waals surface area contributed by atoms with Crippen LogP contribution in [0.5, 0.6) is 5.75 Å². The fourth-order valence-electron chi connectivity index (χ4n) is 1.81. The van der Waals surface area contributed by atoms with Crippen molar-refractivity contribution in [2.45, 2.75) is 26.3 Å². The molecule has 2 aromatic rings. The Kier molecular flexibility index (Phi) is 1.89. The minimum atomic E-state index is -0.146. The molecule has 0 atom stereocenters. The largest absolute Gasteiger partial charge is 0.506 e. The van der Waals surface area contributed by atoms with Crippen molar-refractivity contribution in [2.75, 3.05) is 5.73 Å². The molecule has 80 valence electrons. The van der Waals surface area contributed by atoms with Crippen LogP contribution in [0, 0.1) is 0 Å². The van der Waals surface area contributed by atoms with Crippen LogP contribution >= 0.6 is 0 Å². The Morgan fingerprint density at radius 2 is 2.00 bits per heavy atom. The molecule has 1 aromatic carbocycles. The molecule has 0 aliphatic heterocycles. The Hall–Kier alpha value is -1.71. The molecule has 0 spiro atoms. The zero-order valence-corrected chi connectivity index (χ0v) is 9.15. The molecular formula is C11H15N3O. The third-order valence-corrected chi connectivity index (χ3v) is 2.36. The van der Waals surface area contributed by atoms with E-state index in [2.05, 4.69) is 25.8 Å². The van der Waals surface area contributed by atoms with Crippen LogP contribution in [0.1, 0.15) is 20.8 Å². The van der Waals surface area contributed by atoms with Crippen molar-refractivity contribution in [2.24, 2.45) is 0 Å². The number of hydrogen-bond acceptors (Lipinski definition) is 3. The molecule has 2 rings (SSSR count). The van der Waals surface area contributed by atoms with Gasteiger partial charge in [-0.3, -0.25) is 0 Å². The lowest BCUT2D eigenvalue weighted by Crippen LogP contribution is -2.23. The Bertz CT molecular complexity index is 508. The van der Waals surface area contributed by atoms with E-state index in [4.69, 9.17) is 5.73 Å². The molecule has 4 nitrogen and oxygen atoms in total. The Labute approximate surface area is 88.3 Å². The van der Waals surface area contributed by atoms with Gasteiger partial charge in [0.15, 0.2) is 0 Å². The van der Waals surface area contributed by atoms with E-state index in [1.54, 1.807) is 12.1 Å². The number of phenolic OH excluding ortho intramolecular Hbond substituents is 1. The first-order valence-corrected chi connectivity index (χ1v) is 4.87. The molecular weight excluding hydrogens is 190 g/mol. The second-order valence-corrected chi connectivity index (χ2v) is 4.62. The van der Waals surface area contributed by atoms with Crippen molar-refractivity contribution in [3.63, 3.8) is 0 Å². The van der Waals surface area contributed by atoms with Gasteiger partial charge in [-0.25, -0.2) is 4.98 Å². The Morgan fingerprint density at radius 1 is 1.33 bits per heavy atom. The lowest BCUT2D eigenvalue weighted by Gasteiger charge is -2.23. The number of aromatic nitrogens is 2. The fourth-order valence-corrected chi connectivity index (χ4v) is 1.81. The van der Waals surface area contributed by atoms with Gasteiger partial charge in [0.1, 0.15) is 11.3 Å². The summed E-state index contributed by atoms with van der Waals surface area (Å²) in [7, 11) is 0. The number of benzene rings is 1. The number of para-hydroxylation sites is 1. The summed E-state index contributed by atoms with van der Waals surface area (Å²) in [4.78, 5) is 4.17. The number of nitrogens with two attached hydrogens (primary N) is 1. The smallest absolute Gasteiger partial charge is 0.201 e. The highest BCUT2D eigenvalue weighted by atomic mass is 16.3. The van der Waals surface area contributed by atoms with Crippen molar-refractivity contribution in [1.29, 1.82) is 0 Å². The van der Waals surface area contributed by atoms with E-state index in [1.807, 2.05) is 10.6 Å².